The van der Waals surface area contributed by atoms with Crippen LogP contribution in [-0.4, -0.2) is 36.9 Å². The fraction of sp³-hybridized carbons (Fsp3) is 0.462. The summed E-state index contributed by atoms with van der Waals surface area (Å²) in [5, 5.41) is 21.5. The lowest BCUT2D eigenvalue weighted by Gasteiger charge is -2.23. The van der Waals surface area contributed by atoms with Crippen LogP contribution in [0.1, 0.15) is 20.3 Å². The standard InChI is InChI=1S/C13H18N6O3/c1-13(2,18-10-11(9-16-18)19(21)22)12(20)14-5-3-7-17-8-4-6-15-17/h4,6,8-10H,3,5,7H2,1-2H3,(H,14,20). The van der Waals surface area contributed by atoms with Crippen LogP contribution in [0.3, 0.4) is 0 Å². The Morgan fingerprint density at radius 3 is 2.82 bits per heavy atom. The fourth-order valence-corrected chi connectivity index (χ4v) is 1.91. The van der Waals surface area contributed by atoms with Gasteiger partial charge in [0.2, 0.25) is 5.91 Å². The zero-order valence-electron chi connectivity index (χ0n) is 12.5. The number of rotatable bonds is 7. The van der Waals surface area contributed by atoms with E-state index in [1.54, 1.807) is 24.7 Å². The largest absolute Gasteiger partial charge is 0.354 e. The van der Waals surface area contributed by atoms with E-state index < -0.39 is 10.5 Å². The number of hydrogen-bond donors (Lipinski definition) is 1. The molecule has 1 amide bonds. The van der Waals surface area contributed by atoms with Gasteiger partial charge in [0.1, 0.15) is 17.9 Å². The molecule has 0 atom stereocenters. The molecule has 0 aliphatic heterocycles. The Balaban J connectivity index is 1.87. The molecule has 0 radical (unpaired) electrons. The van der Waals surface area contributed by atoms with E-state index in [2.05, 4.69) is 15.5 Å². The van der Waals surface area contributed by atoms with Crippen LogP contribution >= 0.6 is 0 Å². The number of hydrogen-bond acceptors (Lipinski definition) is 5. The number of nitrogens with zero attached hydrogens (tertiary/aromatic N) is 5. The molecule has 118 valence electrons. The number of amides is 1. The monoisotopic (exact) mass is 306 g/mol. The van der Waals surface area contributed by atoms with Gasteiger partial charge < -0.3 is 5.32 Å². The van der Waals surface area contributed by atoms with E-state index >= 15 is 0 Å². The van der Waals surface area contributed by atoms with E-state index in [0.717, 1.165) is 12.6 Å². The maximum absolute atomic E-state index is 12.2. The Hall–Kier alpha value is -2.71. The Labute approximate surface area is 127 Å². The van der Waals surface area contributed by atoms with Crippen molar-refractivity contribution in [3.8, 4) is 0 Å². The van der Waals surface area contributed by atoms with Gasteiger partial charge in [-0.2, -0.15) is 10.2 Å². The third kappa shape index (κ3) is 3.48. The summed E-state index contributed by atoms with van der Waals surface area (Å²) in [6.07, 6.45) is 6.68. The molecule has 0 unspecified atom stereocenters. The van der Waals surface area contributed by atoms with E-state index in [0.29, 0.717) is 13.1 Å². The highest BCUT2D eigenvalue weighted by molar-refractivity contribution is 5.83. The van der Waals surface area contributed by atoms with Gasteiger partial charge in [-0.3, -0.25) is 24.3 Å². The molecule has 22 heavy (non-hydrogen) atoms. The van der Waals surface area contributed by atoms with Crippen LogP contribution in [0.4, 0.5) is 5.69 Å². The number of nitrogens with one attached hydrogen (secondary N) is 1. The molecule has 2 heterocycles. The predicted molar refractivity (Wildman–Crippen MR) is 78.1 cm³/mol. The summed E-state index contributed by atoms with van der Waals surface area (Å²) in [6, 6.07) is 1.84. The van der Waals surface area contributed by atoms with Gasteiger partial charge in [0.15, 0.2) is 0 Å². The van der Waals surface area contributed by atoms with Crippen LogP contribution in [0, 0.1) is 10.1 Å². The summed E-state index contributed by atoms with van der Waals surface area (Å²) in [5.41, 5.74) is -1.14. The molecule has 0 aliphatic rings. The van der Waals surface area contributed by atoms with Gasteiger partial charge in [-0.1, -0.05) is 0 Å². The molecule has 0 fully saturated rings. The van der Waals surface area contributed by atoms with Gasteiger partial charge >= 0.3 is 5.69 Å². The molecule has 9 nitrogen and oxygen atoms in total. The summed E-state index contributed by atoms with van der Waals surface area (Å²) in [6.45, 7) is 4.52. The van der Waals surface area contributed by atoms with E-state index in [1.807, 2.05) is 12.3 Å². The molecule has 0 saturated heterocycles. The molecule has 0 spiro atoms. The SMILES string of the molecule is CC(C)(C(=O)NCCCn1cccn1)n1cc([N+](=O)[O-])cn1. The minimum atomic E-state index is -1.00. The van der Waals surface area contributed by atoms with Gasteiger partial charge in [0.25, 0.3) is 0 Å². The summed E-state index contributed by atoms with van der Waals surface area (Å²) >= 11 is 0. The number of aromatic nitrogens is 4. The normalized spacial score (nSPS) is 11.4. The summed E-state index contributed by atoms with van der Waals surface area (Å²) < 4.78 is 3.09. The maximum Gasteiger partial charge on any atom is 0.307 e. The molecule has 0 aromatic carbocycles. The van der Waals surface area contributed by atoms with Gasteiger partial charge in [0, 0.05) is 25.5 Å². The smallest absolute Gasteiger partial charge is 0.307 e. The molecule has 2 rings (SSSR count). The van der Waals surface area contributed by atoms with Crippen molar-refractivity contribution in [2.75, 3.05) is 6.54 Å². The third-order valence-corrected chi connectivity index (χ3v) is 3.32. The molecule has 2 aromatic heterocycles. The Morgan fingerprint density at radius 1 is 1.45 bits per heavy atom. The highest BCUT2D eigenvalue weighted by Gasteiger charge is 2.31. The zero-order valence-corrected chi connectivity index (χ0v) is 12.5. The topological polar surface area (TPSA) is 108 Å². The molecular weight excluding hydrogens is 288 g/mol. The Kier molecular flexibility index (Phi) is 4.54. The molecule has 1 N–H and O–H groups in total. The van der Waals surface area contributed by atoms with Crippen LogP contribution in [-0.2, 0) is 16.9 Å². The van der Waals surface area contributed by atoms with Crippen LogP contribution in [0.5, 0.6) is 0 Å². The van der Waals surface area contributed by atoms with Crippen LogP contribution < -0.4 is 5.32 Å². The van der Waals surface area contributed by atoms with Gasteiger partial charge in [-0.15, -0.1) is 0 Å². The van der Waals surface area contributed by atoms with Crippen molar-refractivity contribution in [2.24, 2.45) is 0 Å². The Morgan fingerprint density at radius 2 is 2.23 bits per heavy atom. The second-order valence-corrected chi connectivity index (χ2v) is 5.34. The molecular formula is C13H18N6O3. The third-order valence-electron chi connectivity index (χ3n) is 3.32. The van der Waals surface area contributed by atoms with E-state index in [1.165, 1.54) is 10.9 Å². The molecule has 0 saturated carbocycles. The van der Waals surface area contributed by atoms with Crippen molar-refractivity contribution in [3.63, 3.8) is 0 Å². The zero-order chi connectivity index (χ0) is 16.2. The number of carbonyl (C=O) groups excluding carboxylic acids is 1. The van der Waals surface area contributed by atoms with Crippen molar-refractivity contribution in [3.05, 3.63) is 41.0 Å². The fourth-order valence-electron chi connectivity index (χ4n) is 1.91. The first-order valence-corrected chi connectivity index (χ1v) is 6.86. The van der Waals surface area contributed by atoms with Crippen LogP contribution in [0.2, 0.25) is 0 Å². The van der Waals surface area contributed by atoms with Crippen molar-refractivity contribution >= 4 is 11.6 Å². The van der Waals surface area contributed by atoms with Crippen molar-refractivity contribution < 1.29 is 9.72 Å². The lowest BCUT2D eigenvalue weighted by atomic mass is 10.1. The molecule has 2 aromatic rings. The van der Waals surface area contributed by atoms with E-state index in [4.69, 9.17) is 0 Å². The summed E-state index contributed by atoms with van der Waals surface area (Å²) in [5.74, 6) is -0.244. The number of nitro groups is 1. The van der Waals surface area contributed by atoms with E-state index in [-0.39, 0.29) is 11.6 Å². The summed E-state index contributed by atoms with van der Waals surface area (Å²) in [4.78, 5) is 22.4. The van der Waals surface area contributed by atoms with Crippen LogP contribution in [0.25, 0.3) is 0 Å². The quantitative estimate of drug-likeness (QED) is 0.465. The lowest BCUT2D eigenvalue weighted by Crippen LogP contribution is -2.45. The minimum absolute atomic E-state index is 0.139. The van der Waals surface area contributed by atoms with Crippen molar-refractivity contribution in [1.82, 2.24) is 24.9 Å². The van der Waals surface area contributed by atoms with Gasteiger partial charge in [0.05, 0.1) is 4.92 Å². The van der Waals surface area contributed by atoms with E-state index in [9.17, 15) is 14.9 Å². The van der Waals surface area contributed by atoms with Gasteiger partial charge in [-0.05, 0) is 26.3 Å². The maximum atomic E-state index is 12.2. The Bertz CT molecular complexity index is 647. The number of carbonyl (C=O) groups is 1. The first-order valence-electron chi connectivity index (χ1n) is 6.86. The average Bonchev–Trinajstić information content (AvgIpc) is 3.14. The van der Waals surface area contributed by atoms with Crippen molar-refractivity contribution in [1.29, 1.82) is 0 Å². The van der Waals surface area contributed by atoms with Gasteiger partial charge in [-0.25, -0.2) is 0 Å². The highest BCUT2D eigenvalue weighted by Crippen LogP contribution is 2.18. The van der Waals surface area contributed by atoms with Crippen LogP contribution in [0.15, 0.2) is 30.9 Å². The molecule has 9 heteroatoms. The average molecular weight is 306 g/mol. The second kappa shape index (κ2) is 6.37. The molecule has 0 aliphatic carbocycles. The summed E-state index contributed by atoms with van der Waals surface area (Å²) in [7, 11) is 0. The first kappa shape index (κ1) is 15.7. The van der Waals surface area contributed by atoms with Crippen molar-refractivity contribution in [2.45, 2.75) is 32.4 Å². The molecule has 0 bridgehead atoms. The lowest BCUT2D eigenvalue weighted by molar-refractivity contribution is -0.385. The second-order valence-electron chi connectivity index (χ2n) is 5.34. The predicted octanol–water partition coefficient (Wildman–Crippen LogP) is 0.929. The first-order chi connectivity index (χ1) is 10.4. The highest BCUT2D eigenvalue weighted by atomic mass is 16.6. The minimum Gasteiger partial charge on any atom is -0.354 e. The number of aryl methyl sites for hydroxylation is 1.